The number of aromatic nitrogens is 4. The molecule has 0 aliphatic rings. The van der Waals surface area contributed by atoms with Gasteiger partial charge in [-0.15, -0.1) is 0 Å². The molecule has 1 aromatic carbocycles. The number of anilines is 1. The van der Waals surface area contributed by atoms with E-state index in [0.717, 1.165) is 31.5 Å². The zero-order valence-electron chi connectivity index (χ0n) is 24.0. The molecule has 0 spiro atoms. The van der Waals surface area contributed by atoms with Crippen molar-refractivity contribution in [2.45, 2.75) is 50.3 Å². The molecule has 16 heteroatoms. The maximum Gasteiger partial charge on any atom is 0.267 e. The van der Waals surface area contributed by atoms with Crippen molar-refractivity contribution in [2.24, 2.45) is 0 Å². The summed E-state index contributed by atoms with van der Waals surface area (Å²) in [5.41, 5.74) is -0.347. The van der Waals surface area contributed by atoms with Crippen LogP contribution in [0.15, 0.2) is 41.6 Å². The first kappa shape index (κ1) is 32.2. The fourth-order valence-electron chi connectivity index (χ4n) is 3.99. The van der Waals surface area contributed by atoms with Gasteiger partial charge in [0.25, 0.3) is 10.0 Å². The van der Waals surface area contributed by atoms with E-state index in [-0.39, 0.29) is 18.9 Å². The number of ether oxygens (including phenoxy) is 3. The van der Waals surface area contributed by atoms with Crippen molar-refractivity contribution < 1.29 is 40.2 Å². The molecule has 0 saturated heterocycles. The molecule has 0 amide bonds. The summed E-state index contributed by atoms with van der Waals surface area (Å²) in [5, 5.41) is 4.90. The van der Waals surface area contributed by atoms with Gasteiger partial charge in [0.05, 0.1) is 43.1 Å². The molecule has 4 aromatic rings. The lowest BCUT2D eigenvalue weighted by molar-refractivity contribution is 0.0809. The topological polar surface area (TPSA) is 117 Å². The molecule has 4 rings (SSSR count). The van der Waals surface area contributed by atoms with Crippen molar-refractivity contribution in [3.8, 4) is 11.6 Å². The summed E-state index contributed by atoms with van der Waals surface area (Å²) in [7, 11) is -4.74. The Labute approximate surface area is 247 Å². The lowest BCUT2D eigenvalue weighted by atomic mass is 10.2. The molecule has 0 aliphatic carbocycles. The zero-order valence-corrected chi connectivity index (χ0v) is 25.8. The highest BCUT2D eigenvalue weighted by atomic mass is 32.2. The first-order valence-corrected chi connectivity index (χ1v) is 18.3. The molecule has 0 fully saturated rings. The van der Waals surface area contributed by atoms with Gasteiger partial charge in [-0.25, -0.2) is 36.2 Å². The Morgan fingerprint density at radius 1 is 1.07 bits per heavy atom. The minimum Gasteiger partial charge on any atom is -0.487 e. The summed E-state index contributed by atoms with van der Waals surface area (Å²) < 4.78 is 102. The summed E-state index contributed by atoms with van der Waals surface area (Å²) in [4.78, 5) is 7.23. The normalized spacial score (nSPS) is 12.1. The molecule has 10 nitrogen and oxygen atoms in total. The molecular weight excluding hydrogens is 610 g/mol. The second-order valence-electron chi connectivity index (χ2n) is 10.7. The summed E-state index contributed by atoms with van der Waals surface area (Å²) in [6, 6.07) is 4.88. The quantitative estimate of drug-likeness (QED) is 0.110. The van der Waals surface area contributed by atoms with Gasteiger partial charge in [0.1, 0.15) is 30.7 Å². The standard InChI is InChI=1S/C27H31F4N5O5SSi/c1-39-27-24(11-17(29)13-33-27)42(37,38)35-23-6-5-21(30)20(25(23)31)15-41-18-12-19-22(7-8-28)34-36(26(19)32-14-18)16-40-9-10-43(2,3)4/h5-6,11-14,35H,7-10,15-16H2,1-4H3. The van der Waals surface area contributed by atoms with Gasteiger partial charge in [-0.05, 0) is 24.2 Å². The van der Waals surface area contributed by atoms with Crippen LogP contribution in [-0.2, 0) is 34.5 Å². The van der Waals surface area contributed by atoms with E-state index < -0.39 is 70.9 Å². The van der Waals surface area contributed by atoms with E-state index in [9.17, 15) is 21.6 Å². The van der Waals surface area contributed by atoms with Crippen molar-refractivity contribution in [2.75, 3.05) is 25.1 Å². The Morgan fingerprint density at radius 2 is 1.84 bits per heavy atom. The second-order valence-corrected chi connectivity index (χ2v) is 18.0. The third kappa shape index (κ3) is 7.80. The molecule has 0 saturated carbocycles. The monoisotopic (exact) mass is 641 g/mol. The highest BCUT2D eigenvalue weighted by Gasteiger charge is 2.25. The number of pyridine rings is 2. The van der Waals surface area contributed by atoms with Crippen molar-refractivity contribution in [1.82, 2.24) is 19.7 Å². The summed E-state index contributed by atoms with van der Waals surface area (Å²) >= 11 is 0. The van der Waals surface area contributed by atoms with E-state index in [0.29, 0.717) is 29.4 Å². The molecule has 1 N–H and O–H groups in total. The van der Waals surface area contributed by atoms with Gasteiger partial charge in [-0.1, -0.05) is 19.6 Å². The highest BCUT2D eigenvalue weighted by Crippen LogP contribution is 2.29. The fourth-order valence-corrected chi connectivity index (χ4v) is 5.94. The second kappa shape index (κ2) is 13.3. The summed E-state index contributed by atoms with van der Waals surface area (Å²) in [5.74, 6) is -3.51. The molecule has 0 atom stereocenters. The maximum atomic E-state index is 15.3. The predicted octanol–water partition coefficient (Wildman–Crippen LogP) is 5.46. The largest absolute Gasteiger partial charge is 0.487 e. The minimum atomic E-state index is -4.59. The number of hydrogen-bond donors (Lipinski definition) is 1. The number of hydrogen-bond acceptors (Lipinski definition) is 8. The van der Waals surface area contributed by atoms with E-state index in [1.54, 1.807) is 0 Å². The van der Waals surface area contributed by atoms with Gasteiger partial charge in [-0.2, -0.15) is 5.10 Å². The van der Waals surface area contributed by atoms with Crippen molar-refractivity contribution in [3.05, 3.63) is 65.4 Å². The van der Waals surface area contributed by atoms with Gasteiger partial charge in [0.15, 0.2) is 16.4 Å². The maximum absolute atomic E-state index is 15.3. The third-order valence-electron chi connectivity index (χ3n) is 6.26. The van der Waals surface area contributed by atoms with Crippen LogP contribution < -0.4 is 14.2 Å². The number of aryl methyl sites for hydroxylation is 1. The van der Waals surface area contributed by atoms with E-state index in [1.807, 2.05) is 4.72 Å². The minimum absolute atomic E-state index is 0.0145. The molecule has 0 unspecified atom stereocenters. The lowest BCUT2D eigenvalue weighted by Gasteiger charge is -2.15. The Bertz CT molecular complexity index is 1720. The van der Waals surface area contributed by atoms with Crippen LogP contribution in [0.3, 0.4) is 0 Å². The number of nitrogens with zero attached hydrogens (tertiary/aromatic N) is 4. The van der Waals surface area contributed by atoms with Crippen LogP contribution in [0.4, 0.5) is 23.2 Å². The van der Waals surface area contributed by atoms with Crippen molar-refractivity contribution >= 4 is 34.8 Å². The van der Waals surface area contributed by atoms with Crippen LogP contribution in [0, 0.1) is 17.5 Å². The van der Waals surface area contributed by atoms with Gasteiger partial charge in [0.2, 0.25) is 5.88 Å². The number of halogens is 4. The molecule has 0 aliphatic heterocycles. The molecule has 3 aromatic heterocycles. The lowest BCUT2D eigenvalue weighted by Crippen LogP contribution is -2.22. The molecule has 0 radical (unpaired) electrons. The van der Waals surface area contributed by atoms with Crippen molar-refractivity contribution in [3.63, 3.8) is 0 Å². The average molecular weight is 642 g/mol. The number of benzene rings is 1. The number of nitrogens with one attached hydrogen (secondary N) is 1. The number of fused-ring (bicyclic) bond motifs is 1. The molecule has 232 valence electrons. The Balaban J connectivity index is 1.54. The highest BCUT2D eigenvalue weighted by molar-refractivity contribution is 7.92. The summed E-state index contributed by atoms with van der Waals surface area (Å²) in [6.07, 6.45) is 2.10. The van der Waals surface area contributed by atoms with E-state index in [4.69, 9.17) is 14.2 Å². The number of sulfonamides is 1. The molecule has 43 heavy (non-hydrogen) atoms. The fraction of sp³-hybridized carbons (Fsp3) is 0.370. The third-order valence-corrected chi connectivity index (χ3v) is 9.33. The molecular formula is C27H31F4N5O5SSi. The van der Waals surface area contributed by atoms with E-state index in [1.165, 1.54) is 16.9 Å². The predicted molar refractivity (Wildman–Crippen MR) is 154 cm³/mol. The van der Waals surface area contributed by atoms with E-state index in [2.05, 4.69) is 34.7 Å². The number of methoxy groups -OCH3 is 1. The van der Waals surface area contributed by atoms with Crippen LogP contribution in [0.25, 0.3) is 11.0 Å². The van der Waals surface area contributed by atoms with E-state index >= 15 is 4.39 Å². The van der Waals surface area contributed by atoms with Crippen molar-refractivity contribution in [1.29, 1.82) is 0 Å². The van der Waals surface area contributed by atoms with Crippen LogP contribution in [0.1, 0.15) is 11.3 Å². The van der Waals surface area contributed by atoms with Crippen LogP contribution in [0.2, 0.25) is 25.7 Å². The first-order valence-electron chi connectivity index (χ1n) is 13.1. The summed E-state index contributed by atoms with van der Waals surface area (Å²) in [6.45, 7) is 6.07. The smallest absolute Gasteiger partial charge is 0.267 e. The molecule has 3 heterocycles. The molecule has 0 bridgehead atoms. The van der Waals surface area contributed by atoms with Gasteiger partial charge < -0.3 is 14.2 Å². The number of rotatable bonds is 14. The Kier molecular flexibility index (Phi) is 9.92. The van der Waals surface area contributed by atoms with Gasteiger partial charge in [-0.3, -0.25) is 9.11 Å². The van der Waals surface area contributed by atoms with Crippen LogP contribution in [-0.4, -0.2) is 56.6 Å². The average Bonchev–Trinajstić information content (AvgIpc) is 3.28. The van der Waals surface area contributed by atoms with Crippen LogP contribution >= 0.6 is 0 Å². The van der Waals surface area contributed by atoms with Crippen LogP contribution in [0.5, 0.6) is 11.6 Å². The zero-order chi connectivity index (χ0) is 31.4. The Morgan fingerprint density at radius 3 is 2.53 bits per heavy atom. The first-order chi connectivity index (χ1) is 20.3. The SMILES string of the molecule is COc1ncc(F)cc1S(=O)(=O)Nc1ccc(F)c(COc2cnc3c(c2)c(CCF)nn3COCC[Si](C)(C)C)c1F. The van der Waals surface area contributed by atoms with Gasteiger partial charge >= 0.3 is 0 Å². The number of alkyl halides is 1. The van der Waals surface area contributed by atoms with Gasteiger partial charge in [0, 0.05) is 32.6 Å². The Hall–Kier alpha value is -3.76.